The molecule has 0 aromatic heterocycles. The summed E-state index contributed by atoms with van der Waals surface area (Å²) in [5.41, 5.74) is 2.94. The lowest BCUT2D eigenvalue weighted by molar-refractivity contribution is 0.0510. The van der Waals surface area contributed by atoms with E-state index in [-0.39, 0.29) is 0 Å². The number of hydrogen-bond acceptors (Lipinski definition) is 2. The SMILES string of the molecule is COCOc1ccc2c(c1)CCCC2. The number of benzene rings is 1. The van der Waals surface area contributed by atoms with Gasteiger partial charge in [-0.2, -0.15) is 0 Å². The van der Waals surface area contributed by atoms with E-state index in [0.717, 1.165) is 5.75 Å². The van der Waals surface area contributed by atoms with Crippen LogP contribution in [0, 0.1) is 0 Å². The highest BCUT2D eigenvalue weighted by Gasteiger charge is 2.09. The maximum atomic E-state index is 5.40. The zero-order valence-electron chi connectivity index (χ0n) is 8.58. The van der Waals surface area contributed by atoms with Crippen molar-refractivity contribution in [2.75, 3.05) is 13.9 Å². The van der Waals surface area contributed by atoms with Crippen LogP contribution < -0.4 is 4.74 Å². The Labute approximate surface area is 84.8 Å². The summed E-state index contributed by atoms with van der Waals surface area (Å²) in [5.74, 6) is 0.924. The van der Waals surface area contributed by atoms with Gasteiger partial charge in [0.05, 0.1) is 0 Å². The normalized spacial score (nSPS) is 14.9. The highest BCUT2D eigenvalue weighted by atomic mass is 16.7. The van der Waals surface area contributed by atoms with Crippen molar-refractivity contribution >= 4 is 0 Å². The molecule has 0 aliphatic heterocycles. The molecule has 0 radical (unpaired) electrons. The second kappa shape index (κ2) is 4.47. The average molecular weight is 192 g/mol. The molecule has 1 aliphatic carbocycles. The van der Waals surface area contributed by atoms with E-state index in [1.807, 2.05) is 6.07 Å². The van der Waals surface area contributed by atoms with Gasteiger partial charge in [0.15, 0.2) is 6.79 Å². The van der Waals surface area contributed by atoms with E-state index in [4.69, 9.17) is 9.47 Å². The number of aryl methyl sites for hydroxylation is 2. The molecule has 0 fully saturated rings. The lowest BCUT2D eigenvalue weighted by Gasteiger charge is -2.16. The molecule has 0 spiro atoms. The Morgan fingerprint density at radius 2 is 1.93 bits per heavy atom. The van der Waals surface area contributed by atoms with Crippen LogP contribution in [0.2, 0.25) is 0 Å². The number of fused-ring (bicyclic) bond motifs is 1. The summed E-state index contributed by atoms with van der Waals surface area (Å²) in [7, 11) is 1.64. The summed E-state index contributed by atoms with van der Waals surface area (Å²) in [4.78, 5) is 0. The fourth-order valence-electron chi connectivity index (χ4n) is 1.93. The summed E-state index contributed by atoms with van der Waals surface area (Å²) in [6.45, 7) is 0.332. The van der Waals surface area contributed by atoms with Crippen LogP contribution in [0.5, 0.6) is 5.75 Å². The fraction of sp³-hybridized carbons (Fsp3) is 0.500. The van der Waals surface area contributed by atoms with Crippen molar-refractivity contribution in [3.05, 3.63) is 29.3 Å². The fourth-order valence-corrected chi connectivity index (χ4v) is 1.93. The first-order valence-electron chi connectivity index (χ1n) is 5.13. The molecule has 0 saturated heterocycles. The van der Waals surface area contributed by atoms with E-state index in [9.17, 15) is 0 Å². The van der Waals surface area contributed by atoms with Gasteiger partial charge in [-0.3, -0.25) is 0 Å². The Bertz CT molecular complexity index is 307. The predicted octanol–water partition coefficient (Wildman–Crippen LogP) is 2.55. The second-order valence-corrected chi connectivity index (χ2v) is 3.69. The molecule has 1 aromatic carbocycles. The maximum absolute atomic E-state index is 5.40. The van der Waals surface area contributed by atoms with E-state index < -0.39 is 0 Å². The lowest BCUT2D eigenvalue weighted by Crippen LogP contribution is -2.04. The van der Waals surface area contributed by atoms with E-state index in [0.29, 0.717) is 6.79 Å². The van der Waals surface area contributed by atoms with Crippen molar-refractivity contribution in [1.82, 2.24) is 0 Å². The Hall–Kier alpha value is -1.02. The van der Waals surface area contributed by atoms with Crippen molar-refractivity contribution in [2.45, 2.75) is 25.7 Å². The molecule has 0 N–H and O–H groups in total. The quantitative estimate of drug-likeness (QED) is 0.685. The van der Waals surface area contributed by atoms with Gasteiger partial charge in [-0.05, 0) is 48.9 Å². The summed E-state index contributed by atoms with van der Waals surface area (Å²) in [6.07, 6.45) is 5.05. The third-order valence-electron chi connectivity index (χ3n) is 2.66. The molecule has 0 saturated carbocycles. The van der Waals surface area contributed by atoms with Crippen LogP contribution >= 0.6 is 0 Å². The third-order valence-corrected chi connectivity index (χ3v) is 2.66. The summed E-state index contributed by atoms with van der Waals surface area (Å²) >= 11 is 0. The molecule has 0 heterocycles. The van der Waals surface area contributed by atoms with Gasteiger partial charge >= 0.3 is 0 Å². The van der Waals surface area contributed by atoms with Crippen molar-refractivity contribution < 1.29 is 9.47 Å². The van der Waals surface area contributed by atoms with Gasteiger partial charge in [-0.25, -0.2) is 0 Å². The van der Waals surface area contributed by atoms with Gasteiger partial charge in [0.25, 0.3) is 0 Å². The van der Waals surface area contributed by atoms with E-state index >= 15 is 0 Å². The van der Waals surface area contributed by atoms with E-state index in [1.165, 1.54) is 36.8 Å². The van der Waals surface area contributed by atoms with E-state index in [2.05, 4.69) is 12.1 Å². The molecular weight excluding hydrogens is 176 g/mol. The predicted molar refractivity (Wildman–Crippen MR) is 55.6 cm³/mol. The van der Waals surface area contributed by atoms with Crippen LogP contribution in [0.4, 0.5) is 0 Å². The lowest BCUT2D eigenvalue weighted by atomic mass is 9.92. The van der Waals surface area contributed by atoms with Gasteiger partial charge in [-0.1, -0.05) is 6.07 Å². The van der Waals surface area contributed by atoms with Gasteiger partial charge in [0.2, 0.25) is 0 Å². The Morgan fingerprint density at radius 1 is 1.14 bits per heavy atom. The zero-order valence-corrected chi connectivity index (χ0v) is 8.58. The van der Waals surface area contributed by atoms with Crippen molar-refractivity contribution in [3.8, 4) is 5.75 Å². The molecule has 0 amide bonds. The molecule has 1 aliphatic rings. The molecule has 1 aromatic rings. The van der Waals surface area contributed by atoms with Crippen molar-refractivity contribution in [2.24, 2.45) is 0 Å². The number of ether oxygens (including phenoxy) is 2. The van der Waals surface area contributed by atoms with Gasteiger partial charge in [0, 0.05) is 7.11 Å². The standard InChI is InChI=1S/C12H16O2/c1-13-9-14-12-7-6-10-4-2-3-5-11(10)8-12/h6-8H,2-5,9H2,1H3. The summed E-state index contributed by atoms with van der Waals surface area (Å²) < 4.78 is 10.3. The number of methoxy groups -OCH3 is 1. The first-order chi connectivity index (χ1) is 6.90. The average Bonchev–Trinajstić information content (AvgIpc) is 2.26. The van der Waals surface area contributed by atoms with Gasteiger partial charge < -0.3 is 9.47 Å². The molecule has 0 unspecified atom stereocenters. The zero-order chi connectivity index (χ0) is 9.80. The van der Waals surface area contributed by atoms with Crippen LogP contribution in [0.1, 0.15) is 24.0 Å². The molecule has 0 bridgehead atoms. The minimum absolute atomic E-state index is 0.332. The molecule has 76 valence electrons. The van der Waals surface area contributed by atoms with Crippen LogP contribution in [0.3, 0.4) is 0 Å². The van der Waals surface area contributed by atoms with Crippen molar-refractivity contribution in [1.29, 1.82) is 0 Å². The minimum atomic E-state index is 0.332. The largest absolute Gasteiger partial charge is 0.468 e. The van der Waals surface area contributed by atoms with Crippen LogP contribution in [-0.4, -0.2) is 13.9 Å². The molecule has 2 nitrogen and oxygen atoms in total. The highest BCUT2D eigenvalue weighted by molar-refractivity contribution is 5.36. The number of rotatable bonds is 3. The smallest absolute Gasteiger partial charge is 0.188 e. The molecule has 14 heavy (non-hydrogen) atoms. The van der Waals surface area contributed by atoms with Gasteiger partial charge in [-0.15, -0.1) is 0 Å². The third kappa shape index (κ3) is 2.07. The monoisotopic (exact) mass is 192 g/mol. The Balaban J connectivity index is 2.12. The molecule has 2 rings (SSSR count). The maximum Gasteiger partial charge on any atom is 0.188 e. The topological polar surface area (TPSA) is 18.5 Å². The van der Waals surface area contributed by atoms with Gasteiger partial charge in [0.1, 0.15) is 5.75 Å². The second-order valence-electron chi connectivity index (χ2n) is 3.69. The van der Waals surface area contributed by atoms with E-state index in [1.54, 1.807) is 7.11 Å². The minimum Gasteiger partial charge on any atom is -0.468 e. The first-order valence-corrected chi connectivity index (χ1v) is 5.13. The summed E-state index contributed by atoms with van der Waals surface area (Å²) in [6, 6.07) is 6.36. The highest BCUT2D eigenvalue weighted by Crippen LogP contribution is 2.25. The Kier molecular flexibility index (Phi) is 3.04. The first kappa shape index (κ1) is 9.53. The summed E-state index contributed by atoms with van der Waals surface area (Å²) in [5, 5.41) is 0. The molecule has 2 heteroatoms. The Morgan fingerprint density at radius 3 is 2.71 bits per heavy atom. The van der Waals surface area contributed by atoms with Crippen molar-refractivity contribution in [3.63, 3.8) is 0 Å². The molecular formula is C12H16O2. The van der Waals surface area contributed by atoms with Crippen LogP contribution in [0.25, 0.3) is 0 Å². The molecule has 0 atom stereocenters. The van der Waals surface area contributed by atoms with Crippen LogP contribution in [0.15, 0.2) is 18.2 Å². The van der Waals surface area contributed by atoms with Crippen LogP contribution in [-0.2, 0) is 17.6 Å². The number of hydrogen-bond donors (Lipinski definition) is 0.